The molecule has 0 bridgehead atoms. The van der Waals surface area contributed by atoms with Gasteiger partial charge in [-0.3, -0.25) is 0 Å². The summed E-state index contributed by atoms with van der Waals surface area (Å²) in [6, 6.07) is 44.3. The average molecular weight is 517 g/mol. The summed E-state index contributed by atoms with van der Waals surface area (Å²) in [6.45, 7) is 0. The molecule has 1 aliphatic carbocycles. The molecule has 0 saturated heterocycles. The van der Waals surface area contributed by atoms with Crippen LogP contribution >= 0.6 is 11.3 Å². The van der Waals surface area contributed by atoms with Crippen LogP contribution in [0.4, 0.5) is 0 Å². The second-order valence-electron chi connectivity index (χ2n) is 10.7. The molecule has 0 nitrogen and oxygen atoms in total. The third kappa shape index (κ3) is 3.72. The highest BCUT2D eigenvalue weighted by atomic mass is 32.1. The molecule has 0 atom stereocenters. The molecule has 0 amide bonds. The van der Waals surface area contributed by atoms with Crippen molar-refractivity contribution in [3.05, 3.63) is 132 Å². The van der Waals surface area contributed by atoms with E-state index in [0.717, 1.165) is 0 Å². The Balaban J connectivity index is 0.000000122. The van der Waals surface area contributed by atoms with Crippen molar-refractivity contribution in [1.29, 1.82) is 0 Å². The highest BCUT2D eigenvalue weighted by Crippen LogP contribution is 2.41. The fraction of sp³-hybridized carbons (Fsp3) is 0.105. The van der Waals surface area contributed by atoms with Gasteiger partial charge in [0.05, 0.1) is 0 Å². The molecule has 8 aromatic rings. The van der Waals surface area contributed by atoms with E-state index >= 15 is 0 Å². The van der Waals surface area contributed by atoms with Crippen LogP contribution in [0.15, 0.2) is 121 Å². The zero-order valence-corrected chi connectivity index (χ0v) is 22.6. The average Bonchev–Trinajstić information content (AvgIpc) is 3.41. The fourth-order valence-electron chi connectivity index (χ4n) is 6.62. The van der Waals surface area contributed by atoms with Gasteiger partial charge in [-0.25, -0.2) is 0 Å². The smallest absolute Gasteiger partial charge is 0.0434 e. The first kappa shape index (κ1) is 22.8. The highest BCUT2D eigenvalue weighted by molar-refractivity contribution is 7.26. The van der Waals surface area contributed by atoms with Gasteiger partial charge in [0.15, 0.2) is 0 Å². The molecular formula is C38H28S. The van der Waals surface area contributed by atoms with Gasteiger partial charge in [-0.2, -0.15) is 0 Å². The van der Waals surface area contributed by atoms with Crippen molar-refractivity contribution in [3.63, 3.8) is 0 Å². The molecule has 0 N–H and O–H groups in total. The normalized spacial score (nSPS) is 13.2. The summed E-state index contributed by atoms with van der Waals surface area (Å²) in [5.41, 5.74) is 3.17. The molecule has 9 rings (SSSR count). The lowest BCUT2D eigenvalue weighted by molar-refractivity contribution is 0.690. The monoisotopic (exact) mass is 516 g/mol. The summed E-state index contributed by atoms with van der Waals surface area (Å²) in [5.74, 6) is 0. The van der Waals surface area contributed by atoms with E-state index in [4.69, 9.17) is 0 Å². The van der Waals surface area contributed by atoms with Crippen molar-refractivity contribution >= 4 is 74.6 Å². The van der Waals surface area contributed by atoms with Gasteiger partial charge in [-0.15, -0.1) is 11.3 Å². The van der Waals surface area contributed by atoms with Crippen LogP contribution in [0, 0.1) is 0 Å². The SMILES string of the molecule is c1ccc2c(c1)ccc1c2sc2ccc3ccccc3c21.c1ccc2c(c1)ccc1c3c(ccc12)CCCC3. The molecule has 0 saturated carbocycles. The summed E-state index contributed by atoms with van der Waals surface area (Å²) in [5, 5.41) is 13.8. The Bertz CT molecular complexity index is 2180. The van der Waals surface area contributed by atoms with E-state index in [0.29, 0.717) is 0 Å². The molecule has 0 unspecified atom stereocenters. The topological polar surface area (TPSA) is 0 Å². The molecule has 39 heavy (non-hydrogen) atoms. The molecule has 1 heteroatoms. The molecule has 0 spiro atoms. The molecule has 1 aliphatic rings. The Kier molecular flexibility index (Phi) is 5.38. The number of aryl methyl sites for hydroxylation is 2. The molecule has 186 valence electrons. The van der Waals surface area contributed by atoms with Crippen LogP contribution in [0.5, 0.6) is 0 Å². The van der Waals surface area contributed by atoms with E-state index in [1.165, 1.54) is 88.9 Å². The standard InChI is InChI=1S/C20H12S.C18H16/c1-3-7-15-13(5-1)10-12-18-19(15)17-11-9-14-6-2-4-8-16(14)20(17)21-18;1-3-7-15-13(5-1)9-11-18-16-8-4-2-6-14(16)10-12-17(15)18/h1-12H;1,3,5,7,9-12H,2,4,6,8H2. The number of hydrogen-bond acceptors (Lipinski definition) is 1. The van der Waals surface area contributed by atoms with E-state index in [9.17, 15) is 0 Å². The Morgan fingerprint density at radius 3 is 1.82 bits per heavy atom. The van der Waals surface area contributed by atoms with Crippen molar-refractivity contribution in [3.8, 4) is 0 Å². The number of thiophene rings is 1. The van der Waals surface area contributed by atoms with Gasteiger partial charge < -0.3 is 0 Å². The minimum atomic E-state index is 1.25. The van der Waals surface area contributed by atoms with Crippen LogP contribution in [0.1, 0.15) is 24.0 Å². The van der Waals surface area contributed by atoms with Crippen molar-refractivity contribution in [1.82, 2.24) is 0 Å². The zero-order valence-electron chi connectivity index (χ0n) is 21.8. The van der Waals surface area contributed by atoms with Crippen LogP contribution in [0.3, 0.4) is 0 Å². The minimum absolute atomic E-state index is 1.25. The first-order chi connectivity index (χ1) is 19.3. The van der Waals surface area contributed by atoms with Gasteiger partial charge in [-0.1, -0.05) is 115 Å². The van der Waals surface area contributed by atoms with Gasteiger partial charge >= 0.3 is 0 Å². The molecule has 0 aliphatic heterocycles. The summed E-state index contributed by atoms with van der Waals surface area (Å²) >= 11 is 1.91. The van der Waals surface area contributed by atoms with Crippen LogP contribution in [-0.2, 0) is 12.8 Å². The van der Waals surface area contributed by atoms with Gasteiger partial charge in [0, 0.05) is 20.2 Å². The number of hydrogen-bond donors (Lipinski definition) is 0. The first-order valence-corrected chi connectivity index (χ1v) is 14.8. The second kappa shape index (κ2) is 9.22. The van der Waals surface area contributed by atoms with E-state index in [-0.39, 0.29) is 0 Å². The maximum absolute atomic E-state index is 2.35. The van der Waals surface area contributed by atoms with Crippen molar-refractivity contribution in [2.24, 2.45) is 0 Å². The van der Waals surface area contributed by atoms with Crippen molar-refractivity contribution in [2.45, 2.75) is 25.7 Å². The number of fused-ring (bicyclic) bond motifs is 12. The van der Waals surface area contributed by atoms with Gasteiger partial charge in [0.2, 0.25) is 0 Å². The lowest BCUT2D eigenvalue weighted by atomic mass is 9.86. The first-order valence-electron chi connectivity index (χ1n) is 14.0. The maximum atomic E-state index is 2.35. The van der Waals surface area contributed by atoms with Crippen LogP contribution in [-0.4, -0.2) is 0 Å². The Morgan fingerprint density at radius 2 is 1.00 bits per heavy atom. The van der Waals surface area contributed by atoms with Crippen LogP contribution < -0.4 is 0 Å². The Morgan fingerprint density at radius 1 is 0.410 bits per heavy atom. The minimum Gasteiger partial charge on any atom is -0.135 e. The summed E-state index contributed by atoms with van der Waals surface area (Å²) in [4.78, 5) is 0. The molecule has 1 heterocycles. The highest BCUT2D eigenvalue weighted by Gasteiger charge is 2.13. The number of rotatable bonds is 0. The third-order valence-electron chi connectivity index (χ3n) is 8.51. The second-order valence-corrected chi connectivity index (χ2v) is 11.8. The molecule has 7 aromatic carbocycles. The Labute approximate surface area is 232 Å². The summed E-state index contributed by atoms with van der Waals surface area (Å²) in [7, 11) is 0. The van der Waals surface area contributed by atoms with Gasteiger partial charge in [0.1, 0.15) is 0 Å². The van der Waals surface area contributed by atoms with Crippen LogP contribution in [0.2, 0.25) is 0 Å². The molecule has 0 radical (unpaired) electrons. The predicted octanol–water partition coefficient (Wildman–Crippen LogP) is 11.2. The van der Waals surface area contributed by atoms with Gasteiger partial charge in [0.25, 0.3) is 0 Å². The molecule has 1 aromatic heterocycles. The maximum Gasteiger partial charge on any atom is 0.0434 e. The quantitative estimate of drug-likeness (QED) is 0.176. The lowest BCUT2D eigenvalue weighted by Crippen LogP contribution is -2.02. The van der Waals surface area contributed by atoms with Crippen molar-refractivity contribution in [2.75, 3.05) is 0 Å². The molecular weight excluding hydrogens is 488 g/mol. The molecule has 0 fully saturated rings. The van der Waals surface area contributed by atoms with Crippen LogP contribution in [0.25, 0.3) is 63.3 Å². The number of benzene rings is 7. The Hall–Kier alpha value is -4.20. The van der Waals surface area contributed by atoms with E-state index < -0.39 is 0 Å². The van der Waals surface area contributed by atoms with E-state index in [1.54, 1.807) is 11.1 Å². The van der Waals surface area contributed by atoms with E-state index in [1.807, 2.05) is 11.3 Å². The third-order valence-corrected chi connectivity index (χ3v) is 9.71. The van der Waals surface area contributed by atoms with Gasteiger partial charge in [-0.05, 0) is 86.0 Å². The zero-order chi connectivity index (χ0) is 25.8. The van der Waals surface area contributed by atoms with E-state index in [2.05, 4.69) is 121 Å². The predicted molar refractivity (Wildman–Crippen MR) is 172 cm³/mol. The summed E-state index contributed by atoms with van der Waals surface area (Å²) in [6.07, 6.45) is 5.22. The fourth-order valence-corrected chi connectivity index (χ4v) is 7.87. The van der Waals surface area contributed by atoms with Crippen molar-refractivity contribution < 1.29 is 0 Å². The lowest BCUT2D eigenvalue weighted by Gasteiger charge is -2.18. The largest absolute Gasteiger partial charge is 0.135 e. The summed E-state index contributed by atoms with van der Waals surface area (Å²) < 4.78 is 2.78.